The van der Waals surface area contributed by atoms with E-state index in [4.69, 9.17) is 4.52 Å². The standard InChI is InChI=1S/C16H18N2OS/c1-10-14(12(3)19-18-10)9-17-11(2)16-8-13-6-4-5-7-15(13)20-16/h4-8,11,17H,9H2,1-3H3. The molecule has 3 nitrogen and oxygen atoms in total. The highest BCUT2D eigenvalue weighted by Gasteiger charge is 2.12. The fourth-order valence-corrected chi connectivity index (χ4v) is 3.42. The Kier molecular flexibility index (Phi) is 3.59. The van der Waals surface area contributed by atoms with Gasteiger partial charge in [0.25, 0.3) is 0 Å². The van der Waals surface area contributed by atoms with Gasteiger partial charge in [0.05, 0.1) is 5.69 Å². The molecule has 0 aliphatic heterocycles. The molecule has 2 aromatic heterocycles. The molecule has 1 unspecified atom stereocenters. The molecule has 3 aromatic rings. The third-order valence-corrected chi connectivity index (χ3v) is 4.94. The summed E-state index contributed by atoms with van der Waals surface area (Å²) in [5.41, 5.74) is 2.14. The van der Waals surface area contributed by atoms with Crippen molar-refractivity contribution in [3.8, 4) is 0 Å². The fourth-order valence-electron chi connectivity index (χ4n) is 2.33. The predicted molar refractivity (Wildman–Crippen MR) is 83.1 cm³/mol. The molecule has 0 amide bonds. The largest absolute Gasteiger partial charge is 0.361 e. The minimum absolute atomic E-state index is 0.320. The first-order valence-electron chi connectivity index (χ1n) is 6.79. The summed E-state index contributed by atoms with van der Waals surface area (Å²) in [6, 6.07) is 11.1. The normalized spacial score (nSPS) is 12.9. The quantitative estimate of drug-likeness (QED) is 0.774. The van der Waals surface area contributed by atoms with Gasteiger partial charge in [-0.1, -0.05) is 23.4 Å². The molecule has 0 bridgehead atoms. The number of aryl methyl sites for hydroxylation is 2. The first-order chi connectivity index (χ1) is 9.65. The van der Waals surface area contributed by atoms with Gasteiger partial charge in [-0.15, -0.1) is 11.3 Å². The van der Waals surface area contributed by atoms with Gasteiger partial charge in [-0.25, -0.2) is 0 Å². The maximum absolute atomic E-state index is 5.19. The minimum Gasteiger partial charge on any atom is -0.361 e. The number of benzene rings is 1. The van der Waals surface area contributed by atoms with Crippen LogP contribution in [-0.4, -0.2) is 5.16 Å². The molecular weight excluding hydrogens is 268 g/mol. The summed E-state index contributed by atoms with van der Waals surface area (Å²) in [7, 11) is 0. The van der Waals surface area contributed by atoms with Crippen LogP contribution in [0.4, 0.5) is 0 Å². The van der Waals surface area contributed by atoms with Crippen LogP contribution in [-0.2, 0) is 6.54 Å². The monoisotopic (exact) mass is 286 g/mol. The Balaban J connectivity index is 1.74. The third kappa shape index (κ3) is 2.49. The van der Waals surface area contributed by atoms with Gasteiger partial charge in [0.15, 0.2) is 0 Å². The Morgan fingerprint density at radius 2 is 2.10 bits per heavy atom. The zero-order valence-corrected chi connectivity index (χ0v) is 12.8. The summed E-state index contributed by atoms with van der Waals surface area (Å²) in [5, 5.41) is 8.86. The van der Waals surface area contributed by atoms with E-state index in [9.17, 15) is 0 Å². The van der Waals surface area contributed by atoms with Crippen molar-refractivity contribution in [1.29, 1.82) is 0 Å². The van der Waals surface area contributed by atoms with Crippen molar-refractivity contribution in [3.05, 3.63) is 52.2 Å². The number of rotatable bonds is 4. The van der Waals surface area contributed by atoms with Crippen molar-refractivity contribution < 1.29 is 4.52 Å². The van der Waals surface area contributed by atoms with Crippen molar-refractivity contribution in [2.75, 3.05) is 0 Å². The molecule has 2 heterocycles. The van der Waals surface area contributed by atoms with E-state index < -0.39 is 0 Å². The highest BCUT2D eigenvalue weighted by molar-refractivity contribution is 7.19. The van der Waals surface area contributed by atoms with E-state index in [-0.39, 0.29) is 0 Å². The third-order valence-electron chi connectivity index (χ3n) is 3.64. The summed E-state index contributed by atoms with van der Waals surface area (Å²) in [5.74, 6) is 0.901. The van der Waals surface area contributed by atoms with Crippen LogP contribution < -0.4 is 5.32 Å². The number of nitrogens with one attached hydrogen (secondary N) is 1. The summed E-state index contributed by atoms with van der Waals surface area (Å²) < 4.78 is 6.54. The lowest BCUT2D eigenvalue weighted by atomic mass is 10.2. The summed E-state index contributed by atoms with van der Waals surface area (Å²) in [6.07, 6.45) is 0. The molecule has 1 aromatic carbocycles. The molecule has 3 rings (SSSR count). The Morgan fingerprint density at radius 3 is 2.80 bits per heavy atom. The smallest absolute Gasteiger partial charge is 0.138 e. The van der Waals surface area contributed by atoms with Crippen molar-refractivity contribution in [1.82, 2.24) is 10.5 Å². The van der Waals surface area contributed by atoms with Crippen LogP contribution in [0.5, 0.6) is 0 Å². The van der Waals surface area contributed by atoms with Gasteiger partial charge in [0, 0.05) is 27.7 Å². The van der Waals surface area contributed by atoms with Crippen molar-refractivity contribution >= 4 is 21.4 Å². The lowest BCUT2D eigenvalue weighted by Gasteiger charge is -2.11. The van der Waals surface area contributed by atoms with Gasteiger partial charge < -0.3 is 9.84 Å². The number of fused-ring (bicyclic) bond motifs is 1. The highest BCUT2D eigenvalue weighted by Crippen LogP contribution is 2.29. The molecular formula is C16H18N2OS. The molecule has 1 N–H and O–H groups in total. The SMILES string of the molecule is Cc1noc(C)c1CNC(C)c1cc2ccccc2s1. The lowest BCUT2D eigenvalue weighted by molar-refractivity contribution is 0.391. The van der Waals surface area contributed by atoms with Gasteiger partial charge in [0.1, 0.15) is 5.76 Å². The second-order valence-electron chi connectivity index (χ2n) is 5.09. The molecule has 4 heteroatoms. The van der Waals surface area contributed by atoms with Crippen LogP contribution in [0.25, 0.3) is 10.1 Å². The molecule has 0 fully saturated rings. The van der Waals surface area contributed by atoms with Crippen LogP contribution in [0.1, 0.15) is 34.9 Å². The van der Waals surface area contributed by atoms with Crippen LogP contribution in [0.3, 0.4) is 0 Å². The number of nitrogens with zero attached hydrogens (tertiary/aromatic N) is 1. The average Bonchev–Trinajstić information content (AvgIpc) is 3.01. The molecule has 0 saturated carbocycles. The molecule has 104 valence electrons. The van der Waals surface area contributed by atoms with Crippen molar-refractivity contribution in [2.45, 2.75) is 33.4 Å². The van der Waals surface area contributed by atoms with E-state index in [0.717, 1.165) is 23.6 Å². The highest BCUT2D eigenvalue weighted by atomic mass is 32.1. The Labute approximate surface area is 122 Å². The van der Waals surface area contributed by atoms with E-state index in [0.29, 0.717) is 6.04 Å². The van der Waals surface area contributed by atoms with Crippen molar-refractivity contribution in [3.63, 3.8) is 0 Å². The first kappa shape index (κ1) is 13.3. The number of hydrogen-bond acceptors (Lipinski definition) is 4. The van der Waals surface area contributed by atoms with E-state index in [2.05, 4.69) is 47.7 Å². The van der Waals surface area contributed by atoms with E-state index in [1.165, 1.54) is 15.0 Å². The van der Waals surface area contributed by atoms with E-state index in [1.807, 2.05) is 25.2 Å². The summed E-state index contributed by atoms with van der Waals surface area (Å²) >= 11 is 1.85. The first-order valence-corrected chi connectivity index (χ1v) is 7.60. The van der Waals surface area contributed by atoms with Crippen LogP contribution >= 0.6 is 11.3 Å². The topological polar surface area (TPSA) is 38.1 Å². The molecule has 0 spiro atoms. The second kappa shape index (κ2) is 5.38. The molecule has 0 aliphatic rings. The molecule has 20 heavy (non-hydrogen) atoms. The predicted octanol–water partition coefficient (Wildman–Crippen LogP) is 4.36. The maximum Gasteiger partial charge on any atom is 0.138 e. The Bertz CT molecular complexity index is 676. The zero-order valence-electron chi connectivity index (χ0n) is 11.9. The van der Waals surface area contributed by atoms with E-state index >= 15 is 0 Å². The van der Waals surface area contributed by atoms with Crippen LogP contribution in [0.15, 0.2) is 34.9 Å². The van der Waals surface area contributed by atoms with Crippen LogP contribution in [0.2, 0.25) is 0 Å². The van der Waals surface area contributed by atoms with Gasteiger partial charge in [-0.05, 0) is 38.3 Å². The van der Waals surface area contributed by atoms with Gasteiger partial charge in [0.2, 0.25) is 0 Å². The molecule has 0 radical (unpaired) electrons. The number of aromatic nitrogens is 1. The molecule has 0 aliphatic carbocycles. The van der Waals surface area contributed by atoms with Crippen LogP contribution in [0, 0.1) is 13.8 Å². The van der Waals surface area contributed by atoms with Gasteiger partial charge >= 0.3 is 0 Å². The summed E-state index contributed by atoms with van der Waals surface area (Å²) in [4.78, 5) is 1.36. The lowest BCUT2D eigenvalue weighted by Crippen LogP contribution is -2.17. The zero-order chi connectivity index (χ0) is 14.1. The Morgan fingerprint density at radius 1 is 1.30 bits per heavy atom. The van der Waals surface area contributed by atoms with Gasteiger partial charge in [-0.2, -0.15) is 0 Å². The number of hydrogen-bond donors (Lipinski definition) is 1. The maximum atomic E-state index is 5.19. The fraction of sp³-hybridized carbons (Fsp3) is 0.312. The summed E-state index contributed by atoms with van der Waals surface area (Å²) in [6.45, 7) is 6.93. The van der Waals surface area contributed by atoms with Gasteiger partial charge in [-0.3, -0.25) is 0 Å². The molecule has 0 saturated heterocycles. The minimum atomic E-state index is 0.320. The molecule has 1 atom stereocenters. The Hall–Kier alpha value is -1.65. The average molecular weight is 286 g/mol. The number of thiophene rings is 1. The van der Waals surface area contributed by atoms with E-state index in [1.54, 1.807) is 0 Å². The second-order valence-corrected chi connectivity index (χ2v) is 6.21. The van der Waals surface area contributed by atoms with Crippen molar-refractivity contribution in [2.24, 2.45) is 0 Å².